The third-order valence-corrected chi connectivity index (χ3v) is 5.10. The third-order valence-electron chi connectivity index (χ3n) is 5.10. The average Bonchev–Trinajstić information content (AvgIpc) is 2.75. The quantitative estimate of drug-likeness (QED) is 0.694. The maximum atomic E-state index is 12.2. The molecule has 0 spiro atoms. The first kappa shape index (κ1) is 18.2. The monoisotopic (exact) mass is 317 g/mol. The molecule has 2 atom stereocenters. The standard InChI is InChI=1S/C15H27N3O2.ClH/c1-3-15(4-2,14(16)20)18-13(19)9-10-7-11-5-6-12(8-10)17-11;/h10-12,17H,3-9H2,1-2H3,(H2,16,20)(H,18,19);1H. The highest BCUT2D eigenvalue weighted by molar-refractivity contribution is 5.90. The fourth-order valence-electron chi connectivity index (χ4n) is 3.76. The molecule has 0 aromatic heterocycles. The zero-order chi connectivity index (χ0) is 14.8. The van der Waals surface area contributed by atoms with Crippen molar-refractivity contribution in [3.63, 3.8) is 0 Å². The summed E-state index contributed by atoms with van der Waals surface area (Å²) in [5.74, 6) is -0.0203. The SMILES string of the molecule is CCC(CC)(NC(=O)CC1CC2CCC(C1)N2)C(N)=O.Cl. The molecule has 0 radical (unpaired) electrons. The Morgan fingerprint density at radius 3 is 2.14 bits per heavy atom. The minimum atomic E-state index is -0.872. The number of rotatable bonds is 6. The van der Waals surface area contributed by atoms with Crippen molar-refractivity contribution in [1.29, 1.82) is 0 Å². The van der Waals surface area contributed by atoms with Crippen LogP contribution in [0, 0.1) is 5.92 Å². The molecule has 0 aromatic carbocycles. The number of primary amides is 1. The van der Waals surface area contributed by atoms with Crippen LogP contribution < -0.4 is 16.4 Å². The van der Waals surface area contributed by atoms with Crippen LogP contribution in [-0.4, -0.2) is 29.4 Å². The molecule has 5 nitrogen and oxygen atoms in total. The van der Waals surface area contributed by atoms with E-state index >= 15 is 0 Å². The van der Waals surface area contributed by atoms with Crippen LogP contribution in [0.1, 0.15) is 58.8 Å². The van der Waals surface area contributed by atoms with Gasteiger partial charge in [0.2, 0.25) is 11.8 Å². The summed E-state index contributed by atoms with van der Waals surface area (Å²) in [6, 6.07) is 1.18. The number of carbonyl (C=O) groups is 2. The summed E-state index contributed by atoms with van der Waals surface area (Å²) in [7, 11) is 0. The van der Waals surface area contributed by atoms with Crippen molar-refractivity contribution in [3.8, 4) is 0 Å². The molecule has 21 heavy (non-hydrogen) atoms. The fraction of sp³-hybridized carbons (Fsp3) is 0.867. The van der Waals surface area contributed by atoms with E-state index < -0.39 is 11.4 Å². The van der Waals surface area contributed by atoms with Crippen LogP contribution in [0.4, 0.5) is 0 Å². The van der Waals surface area contributed by atoms with Crippen molar-refractivity contribution in [2.45, 2.75) is 76.4 Å². The molecule has 0 aliphatic carbocycles. The number of piperidine rings is 1. The Hall–Kier alpha value is -0.810. The lowest BCUT2D eigenvalue weighted by molar-refractivity contribution is -0.132. The number of halogens is 1. The molecular formula is C15H28ClN3O2. The molecule has 0 aromatic rings. The number of amides is 2. The lowest BCUT2D eigenvalue weighted by Gasteiger charge is -2.32. The molecule has 4 N–H and O–H groups in total. The number of carbonyl (C=O) groups excluding carboxylic acids is 2. The number of hydrogen-bond acceptors (Lipinski definition) is 3. The number of fused-ring (bicyclic) bond motifs is 2. The van der Waals surface area contributed by atoms with E-state index in [0.717, 1.165) is 12.8 Å². The summed E-state index contributed by atoms with van der Waals surface area (Å²) in [4.78, 5) is 23.9. The van der Waals surface area contributed by atoms with Gasteiger partial charge in [-0.25, -0.2) is 0 Å². The second kappa shape index (κ2) is 7.45. The van der Waals surface area contributed by atoms with Gasteiger partial charge in [-0.1, -0.05) is 13.8 Å². The van der Waals surface area contributed by atoms with E-state index in [1.54, 1.807) is 0 Å². The lowest BCUT2D eigenvalue weighted by atomic mass is 9.87. The smallest absolute Gasteiger partial charge is 0.243 e. The van der Waals surface area contributed by atoms with E-state index in [2.05, 4.69) is 10.6 Å². The van der Waals surface area contributed by atoms with Crippen LogP contribution in [-0.2, 0) is 9.59 Å². The van der Waals surface area contributed by atoms with E-state index in [4.69, 9.17) is 5.73 Å². The second-order valence-electron chi connectivity index (χ2n) is 6.38. The van der Waals surface area contributed by atoms with E-state index in [0.29, 0.717) is 37.3 Å². The number of hydrogen-bond donors (Lipinski definition) is 3. The summed E-state index contributed by atoms with van der Waals surface area (Å²) in [6.07, 6.45) is 6.22. The van der Waals surface area contributed by atoms with Crippen molar-refractivity contribution in [2.24, 2.45) is 11.7 Å². The summed E-state index contributed by atoms with van der Waals surface area (Å²) in [5, 5.41) is 6.47. The highest BCUT2D eigenvalue weighted by Gasteiger charge is 2.37. The minimum absolute atomic E-state index is 0. The first-order valence-electron chi connectivity index (χ1n) is 7.86. The Morgan fingerprint density at radius 2 is 1.71 bits per heavy atom. The average molecular weight is 318 g/mol. The molecule has 2 bridgehead atoms. The minimum Gasteiger partial charge on any atom is -0.368 e. The van der Waals surface area contributed by atoms with Crippen LogP contribution in [0.15, 0.2) is 0 Å². The number of nitrogens with one attached hydrogen (secondary N) is 2. The normalized spacial score (nSPS) is 27.8. The Kier molecular flexibility index (Phi) is 6.47. The molecule has 2 aliphatic heterocycles. The predicted molar refractivity (Wildman–Crippen MR) is 85.2 cm³/mol. The topological polar surface area (TPSA) is 84.2 Å². The van der Waals surface area contributed by atoms with Crippen molar-refractivity contribution in [1.82, 2.24) is 10.6 Å². The third kappa shape index (κ3) is 4.10. The molecule has 2 heterocycles. The van der Waals surface area contributed by atoms with Crippen LogP contribution >= 0.6 is 12.4 Å². The van der Waals surface area contributed by atoms with Crippen LogP contribution in [0.25, 0.3) is 0 Å². The first-order valence-corrected chi connectivity index (χ1v) is 7.86. The maximum Gasteiger partial charge on any atom is 0.243 e. The van der Waals surface area contributed by atoms with Crippen molar-refractivity contribution in [3.05, 3.63) is 0 Å². The van der Waals surface area contributed by atoms with Crippen molar-refractivity contribution < 1.29 is 9.59 Å². The molecule has 2 amide bonds. The molecule has 0 saturated carbocycles. The number of nitrogens with two attached hydrogens (primary N) is 1. The Labute approximate surface area is 133 Å². The van der Waals surface area contributed by atoms with Gasteiger partial charge in [0, 0.05) is 18.5 Å². The van der Waals surface area contributed by atoms with Gasteiger partial charge in [-0.3, -0.25) is 9.59 Å². The van der Waals surface area contributed by atoms with Gasteiger partial charge in [0.05, 0.1) is 0 Å². The zero-order valence-corrected chi connectivity index (χ0v) is 13.8. The van der Waals surface area contributed by atoms with E-state index in [9.17, 15) is 9.59 Å². The molecule has 2 fully saturated rings. The molecule has 2 rings (SSSR count). The highest BCUT2D eigenvalue weighted by atomic mass is 35.5. The summed E-state index contributed by atoms with van der Waals surface area (Å²) < 4.78 is 0. The molecule has 2 aliphatic rings. The molecule has 2 saturated heterocycles. The largest absolute Gasteiger partial charge is 0.368 e. The van der Waals surface area contributed by atoms with Gasteiger partial charge in [-0.15, -0.1) is 12.4 Å². The maximum absolute atomic E-state index is 12.2. The van der Waals surface area contributed by atoms with Gasteiger partial charge in [-0.05, 0) is 44.4 Å². The van der Waals surface area contributed by atoms with E-state index in [-0.39, 0.29) is 18.3 Å². The molecule has 6 heteroatoms. The van der Waals surface area contributed by atoms with Crippen LogP contribution in [0.2, 0.25) is 0 Å². The highest BCUT2D eigenvalue weighted by Crippen LogP contribution is 2.32. The molecule has 2 unspecified atom stereocenters. The summed E-state index contributed by atoms with van der Waals surface area (Å²) in [5.41, 5.74) is 4.59. The Balaban J connectivity index is 0.00000220. The van der Waals surface area contributed by atoms with Gasteiger partial charge in [0.1, 0.15) is 5.54 Å². The zero-order valence-electron chi connectivity index (χ0n) is 13.0. The van der Waals surface area contributed by atoms with Crippen molar-refractivity contribution >= 4 is 24.2 Å². The molecule has 122 valence electrons. The second-order valence-corrected chi connectivity index (χ2v) is 6.38. The lowest BCUT2D eigenvalue weighted by Crippen LogP contribution is -2.57. The van der Waals surface area contributed by atoms with E-state index in [1.807, 2.05) is 13.8 Å². The summed E-state index contributed by atoms with van der Waals surface area (Å²) in [6.45, 7) is 3.78. The van der Waals surface area contributed by atoms with Gasteiger partial charge in [0.15, 0.2) is 0 Å². The van der Waals surface area contributed by atoms with Crippen LogP contribution in [0.3, 0.4) is 0 Å². The van der Waals surface area contributed by atoms with Gasteiger partial charge < -0.3 is 16.4 Å². The van der Waals surface area contributed by atoms with Crippen molar-refractivity contribution in [2.75, 3.05) is 0 Å². The van der Waals surface area contributed by atoms with Crippen LogP contribution in [0.5, 0.6) is 0 Å². The summed E-state index contributed by atoms with van der Waals surface area (Å²) >= 11 is 0. The Morgan fingerprint density at radius 1 is 1.19 bits per heavy atom. The van der Waals surface area contributed by atoms with Gasteiger partial charge in [0.25, 0.3) is 0 Å². The predicted octanol–water partition coefficient (Wildman–Crippen LogP) is 1.49. The molecular weight excluding hydrogens is 290 g/mol. The Bertz CT molecular complexity index is 373. The first-order chi connectivity index (χ1) is 9.49. The van der Waals surface area contributed by atoms with Gasteiger partial charge >= 0.3 is 0 Å². The van der Waals surface area contributed by atoms with Gasteiger partial charge in [-0.2, -0.15) is 0 Å². The fourth-order valence-corrected chi connectivity index (χ4v) is 3.76. The van der Waals surface area contributed by atoms with E-state index in [1.165, 1.54) is 12.8 Å².